The van der Waals surface area contributed by atoms with Crippen LogP contribution in [0, 0.1) is 0 Å². The van der Waals surface area contributed by atoms with Crippen LogP contribution in [0.5, 0.6) is 0 Å². The van der Waals surface area contributed by atoms with Crippen LogP contribution in [0.4, 0.5) is 0 Å². The Morgan fingerprint density at radius 1 is 0.789 bits per heavy atom. The van der Waals surface area contributed by atoms with E-state index < -0.39 is 0 Å². The van der Waals surface area contributed by atoms with Crippen molar-refractivity contribution in [1.29, 1.82) is 0 Å². The summed E-state index contributed by atoms with van der Waals surface area (Å²) in [6.45, 7) is 1.51. The molecule has 0 atom stereocenters. The molecule has 2 nitrogen and oxygen atoms in total. The first-order chi connectivity index (χ1) is 9.38. The molecule has 1 N–H and O–H groups in total. The molecule has 0 aliphatic carbocycles. The van der Waals surface area contributed by atoms with Gasteiger partial charge < -0.3 is 9.84 Å². The van der Waals surface area contributed by atoms with Crippen LogP contribution in [0.3, 0.4) is 0 Å². The van der Waals surface area contributed by atoms with E-state index in [1.165, 1.54) is 5.56 Å². The maximum Gasteiger partial charge on any atom is 0.0716 e. The second-order valence-corrected chi connectivity index (χ2v) is 4.62. The van der Waals surface area contributed by atoms with Gasteiger partial charge in [0.2, 0.25) is 0 Å². The van der Waals surface area contributed by atoms with Crippen LogP contribution >= 0.6 is 0 Å². The van der Waals surface area contributed by atoms with E-state index in [1.807, 2.05) is 30.3 Å². The zero-order chi connectivity index (χ0) is 13.3. The minimum atomic E-state index is 0.0954. The number of aryl methyl sites for hydroxylation is 1. The van der Waals surface area contributed by atoms with Gasteiger partial charge in [0.1, 0.15) is 0 Å². The van der Waals surface area contributed by atoms with Gasteiger partial charge in [-0.1, -0.05) is 54.6 Å². The van der Waals surface area contributed by atoms with E-state index in [1.54, 1.807) is 0 Å². The van der Waals surface area contributed by atoms with E-state index in [0.717, 1.165) is 30.6 Å². The van der Waals surface area contributed by atoms with Crippen LogP contribution in [0.25, 0.3) is 0 Å². The molecular weight excluding hydrogens is 236 g/mol. The number of aliphatic hydroxyl groups is 1. The molecule has 0 heterocycles. The molecule has 2 aromatic rings. The van der Waals surface area contributed by atoms with Crippen molar-refractivity contribution in [3.8, 4) is 0 Å². The maximum atomic E-state index is 8.95. The predicted octanol–water partition coefficient (Wildman–Crippen LogP) is 3.33. The number of ether oxygens (including phenoxy) is 1. The van der Waals surface area contributed by atoms with E-state index in [9.17, 15) is 0 Å². The molecule has 0 aromatic heterocycles. The summed E-state index contributed by atoms with van der Waals surface area (Å²) in [5.74, 6) is 0. The Morgan fingerprint density at radius 2 is 1.47 bits per heavy atom. The highest BCUT2D eigenvalue weighted by Gasteiger charge is 1.96. The number of benzene rings is 2. The lowest BCUT2D eigenvalue weighted by atomic mass is 10.1. The van der Waals surface area contributed by atoms with E-state index in [0.29, 0.717) is 6.61 Å². The summed E-state index contributed by atoms with van der Waals surface area (Å²) in [6, 6.07) is 18.3. The first kappa shape index (κ1) is 13.8. The normalized spacial score (nSPS) is 10.6. The smallest absolute Gasteiger partial charge is 0.0716 e. The van der Waals surface area contributed by atoms with Crippen molar-refractivity contribution >= 4 is 0 Å². The van der Waals surface area contributed by atoms with Gasteiger partial charge in [-0.15, -0.1) is 0 Å². The zero-order valence-electron chi connectivity index (χ0n) is 11.1. The van der Waals surface area contributed by atoms with Crippen molar-refractivity contribution < 1.29 is 9.84 Å². The number of hydrogen-bond acceptors (Lipinski definition) is 2. The quantitative estimate of drug-likeness (QED) is 0.770. The monoisotopic (exact) mass is 256 g/mol. The zero-order valence-corrected chi connectivity index (χ0v) is 11.1. The Morgan fingerprint density at radius 3 is 2.16 bits per heavy atom. The first-order valence-corrected chi connectivity index (χ1v) is 6.69. The summed E-state index contributed by atoms with van der Waals surface area (Å²) in [5.41, 5.74) is 3.45. The summed E-state index contributed by atoms with van der Waals surface area (Å²) < 4.78 is 5.65. The number of hydrogen-bond donors (Lipinski definition) is 1. The Bertz CT molecular complexity index is 462. The van der Waals surface area contributed by atoms with E-state index in [-0.39, 0.29) is 6.61 Å². The number of rotatable bonds is 7. The van der Waals surface area contributed by atoms with Gasteiger partial charge in [-0.05, 0) is 29.5 Å². The molecular formula is C17H20O2. The van der Waals surface area contributed by atoms with Gasteiger partial charge in [-0.3, -0.25) is 0 Å². The summed E-state index contributed by atoms with van der Waals surface area (Å²) in [4.78, 5) is 0. The fraction of sp³-hybridized carbons (Fsp3) is 0.294. The molecule has 0 aliphatic heterocycles. The summed E-state index contributed by atoms with van der Waals surface area (Å²) in [6.07, 6.45) is 2.10. The molecule has 0 spiro atoms. The third-order valence-electron chi connectivity index (χ3n) is 3.07. The van der Waals surface area contributed by atoms with Gasteiger partial charge in [-0.25, -0.2) is 0 Å². The molecule has 0 saturated heterocycles. The minimum absolute atomic E-state index is 0.0954. The molecule has 0 radical (unpaired) electrons. The summed E-state index contributed by atoms with van der Waals surface area (Å²) >= 11 is 0. The van der Waals surface area contributed by atoms with Gasteiger partial charge in [-0.2, -0.15) is 0 Å². The Labute approximate surface area is 114 Å². The fourth-order valence-corrected chi connectivity index (χ4v) is 1.95. The predicted molar refractivity (Wildman–Crippen MR) is 76.8 cm³/mol. The van der Waals surface area contributed by atoms with E-state index in [4.69, 9.17) is 9.84 Å². The van der Waals surface area contributed by atoms with Crippen LogP contribution in [0.1, 0.15) is 23.1 Å². The van der Waals surface area contributed by atoms with Crippen molar-refractivity contribution in [2.45, 2.75) is 26.1 Å². The van der Waals surface area contributed by atoms with Crippen LogP contribution in [0.15, 0.2) is 54.6 Å². The molecule has 0 fully saturated rings. The van der Waals surface area contributed by atoms with Crippen LogP contribution in [0.2, 0.25) is 0 Å². The van der Waals surface area contributed by atoms with Gasteiger partial charge in [0.25, 0.3) is 0 Å². The lowest BCUT2D eigenvalue weighted by Crippen LogP contribution is -1.97. The average molecular weight is 256 g/mol. The lowest BCUT2D eigenvalue weighted by molar-refractivity contribution is 0.118. The molecule has 0 aliphatic rings. The highest BCUT2D eigenvalue weighted by molar-refractivity contribution is 5.21. The summed E-state index contributed by atoms with van der Waals surface area (Å²) in [5, 5.41) is 8.95. The highest BCUT2D eigenvalue weighted by Crippen LogP contribution is 2.07. The Balaban J connectivity index is 1.63. The fourth-order valence-electron chi connectivity index (χ4n) is 1.95. The molecule has 0 bridgehead atoms. The average Bonchev–Trinajstić information content (AvgIpc) is 2.49. The second-order valence-electron chi connectivity index (χ2n) is 4.62. The second kappa shape index (κ2) is 7.72. The van der Waals surface area contributed by atoms with Crippen molar-refractivity contribution in [2.24, 2.45) is 0 Å². The Hall–Kier alpha value is -1.64. The largest absolute Gasteiger partial charge is 0.392 e. The van der Waals surface area contributed by atoms with Gasteiger partial charge >= 0.3 is 0 Å². The third-order valence-corrected chi connectivity index (χ3v) is 3.07. The molecule has 19 heavy (non-hydrogen) atoms. The summed E-state index contributed by atoms with van der Waals surface area (Å²) in [7, 11) is 0. The maximum absolute atomic E-state index is 8.95. The molecule has 0 amide bonds. The molecule has 2 heteroatoms. The van der Waals surface area contributed by atoms with E-state index in [2.05, 4.69) is 24.3 Å². The third kappa shape index (κ3) is 4.86. The van der Waals surface area contributed by atoms with Crippen LogP contribution < -0.4 is 0 Å². The lowest BCUT2D eigenvalue weighted by Gasteiger charge is -2.05. The first-order valence-electron chi connectivity index (χ1n) is 6.69. The topological polar surface area (TPSA) is 29.5 Å². The van der Waals surface area contributed by atoms with Crippen molar-refractivity contribution in [3.63, 3.8) is 0 Å². The van der Waals surface area contributed by atoms with Crippen molar-refractivity contribution in [3.05, 3.63) is 71.3 Å². The number of aliphatic hydroxyl groups excluding tert-OH is 1. The Kier molecular flexibility index (Phi) is 5.60. The van der Waals surface area contributed by atoms with E-state index >= 15 is 0 Å². The molecule has 2 aromatic carbocycles. The van der Waals surface area contributed by atoms with Gasteiger partial charge in [0.15, 0.2) is 0 Å². The van der Waals surface area contributed by atoms with Crippen LogP contribution in [-0.2, 0) is 24.4 Å². The SMILES string of the molecule is OCc1ccc(COCCCc2ccccc2)cc1. The standard InChI is InChI=1S/C17H20O2/c18-13-16-8-10-17(11-9-16)14-19-12-4-7-15-5-2-1-3-6-15/h1-3,5-6,8-11,18H,4,7,12-14H2. The van der Waals surface area contributed by atoms with Gasteiger partial charge in [0.05, 0.1) is 13.2 Å². The van der Waals surface area contributed by atoms with Gasteiger partial charge in [0, 0.05) is 6.61 Å². The van der Waals surface area contributed by atoms with Crippen LogP contribution in [-0.4, -0.2) is 11.7 Å². The molecule has 2 rings (SSSR count). The molecule has 0 unspecified atom stereocenters. The highest BCUT2D eigenvalue weighted by atomic mass is 16.5. The molecule has 0 saturated carbocycles. The minimum Gasteiger partial charge on any atom is -0.392 e. The van der Waals surface area contributed by atoms with Crippen molar-refractivity contribution in [2.75, 3.05) is 6.61 Å². The van der Waals surface area contributed by atoms with Crippen molar-refractivity contribution in [1.82, 2.24) is 0 Å². The molecule has 100 valence electrons.